The number of nitriles is 1. The number of anilines is 1. The van der Waals surface area contributed by atoms with Crippen molar-refractivity contribution in [3.05, 3.63) is 102 Å². The van der Waals surface area contributed by atoms with Gasteiger partial charge in [-0.2, -0.15) is 5.26 Å². The summed E-state index contributed by atoms with van der Waals surface area (Å²) in [7, 11) is 0. The van der Waals surface area contributed by atoms with Gasteiger partial charge in [-0.1, -0.05) is 97.5 Å². The first-order chi connectivity index (χ1) is 18.6. The molecular formula is C32H31N3O2S. The molecule has 0 atom stereocenters. The molecule has 0 saturated heterocycles. The Balaban J connectivity index is 1.72. The van der Waals surface area contributed by atoms with E-state index in [-0.39, 0.29) is 18.4 Å². The molecule has 0 aliphatic heterocycles. The number of carbonyl (C=O) groups excluding carboxylic acids is 1. The van der Waals surface area contributed by atoms with E-state index in [4.69, 9.17) is 9.72 Å². The molecule has 192 valence electrons. The molecule has 0 N–H and O–H groups in total. The van der Waals surface area contributed by atoms with E-state index in [0.29, 0.717) is 17.2 Å². The van der Waals surface area contributed by atoms with Crippen molar-refractivity contribution in [3.8, 4) is 28.5 Å². The maximum atomic E-state index is 13.7. The molecular weight excluding hydrogens is 490 g/mol. The lowest BCUT2D eigenvalue weighted by atomic mass is 9.99. The van der Waals surface area contributed by atoms with Crippen molar-refractivity contribution in [2.24, 2.45) is 0 Å². The fraction of sp³-hybridized carbons (Fsp3) is 0.219. The highest BCUT2D eigenvalue weighted by atomic mass is 32.2. The number of amides is 1. The lowest BCUT2D eigenvalue weighted by Crippen LogP contribution is -2.36. The van der Waals surface area contributed by atoms with Crippen molar-refractivity contribution in [3.63, 3.8) is 0 Å². The van der Waals surface area contributed by atoms with Crippen molar-refractivity contribution >= 4 is 23.4 Å². The summed E-state index contributed by atoms with van der Waals surface area (Å²) in [5.41, 5.74) is 6.93. The molecule has 0 bridgehead atoms. The summed E-state index contributed by atoms with van der Waals surface area (Å²) in [6, 6.07) is 30.1. The minimum atomic E-state index is -0.0930. The summed E-state index contributed by atoms with van der Waals surface area (Å²) >= 11 is 1.29. The molecule has 0 aliphatic rings. The zero-order valence-corrected chi connectivity index (χ0v) is 22.8. The molecule has 0 aliphatic carbocycles. The summed E-state index contributed by atoms with van der Waals surface area (Å²) in [5.74, 6) is 0.0307. The van der Waals surface area contributed by atoms with Crippen LogP contribution in [0.3, 0.4) is 0 Å². The third-order valence-corrected chi connectivity index (χ3v) is 7.24. The topological polar surface area (TPSA) is 66.2 Å². The van der Waals surface area contributed by atoms with Gasteiger partial charge in [0, 0.05) is 17.7 Å². The molecule has 1 aromatic heterocycles. The number of aryl methyl sites for hydroxylation is 2. The number of para-hydroxylation sites is 1. The first kappa shape index (κ1) is 27.1. The van der Waals surface area contributed by atoms with E-state index >= 15 is 0 Å². The summed E-state index contributed by atoms with van der Waals surface area (Å²) < 4.78 is 5.70. The molecule has 0 saturated carbocycles. The fourth-order valence-corrected chi connectivity index (χ4v) is 5.26. The van der Waals surface area contributed by atoms with Crippen molar-refractivity contribution in [1.82, 2.24) is 4.98 Å². The third kappa shape index (κ3) is 6.13. The molecule has 4 rings (SSSR count). The minimum Gasteiger partial charge on any atom is -0.361 e. The van der Waals surface area contributed by atoms with Gasteiger partial charge in [-0.25, -0.2) is 4.98 Å². The zero-order valence-electron chi connectivity index (χ0n) is 22.0. The Bertz CT molecular complexity index is 1430. The van der Waals surface area contributed by atoms with Gasteiger partial charge >= 0.3 is 0 Å². The highest BCUT2D eigenvalue weighted by molar-refractivity contribution is 8.00. The second-order valence-electron chi connectivity index (χ2n) is 8.75. The summed E-state index contributed by atoms with van der Waals surface area (Å²) in [6.07, 6.45) is 0.805. The summed E-state index contributed by atoms with van der Waals surface area (Å²) in [5, 5.41) is 10.7. The van der Waals surface area contributed by atoms with Crippen LogP contribution < -0.4 is 4.90 Å². The predicted octanol–water partition coefficient (Wildman–Crippen LogP) is 7.28. The number of hydrogen-bond acceptors (Lipinski definition) is 5. The van der Waals surface area contributed by atoms with Crippen molar-refractivity contribution < 1.29 is 9.53 Å². The minimum absolute atomic E-state index is 0.0930. The summed E-state index contributed by atoms with van der Waals surface area (Å²) in [4.78, 5) is 20.2. The van der Waals surface area contributed by atoms with E-state index < -0.39 is 0 Å². The molecule has 0 radical (unpaired) electrons. The first-order valence-electron chi connectivity index (χ1n) is 12.7. The number of carbonyl (C=O) groups is 1. The molecule has 3 aromatic carbocycles. The first-order valence-corrected chi connectivity index (χ1v) is 13.7. The van der Waals surface area contributed by atoms with E-state index in [1.165, 1.54) is 11.8 Å². The molecule has 6 heteroatoms. The quantitative estimate of drug-likeness (QED) is 0.162. The highest BCUT2D eigenvalue weighted by Crippen LogP contribution is 2.35. The van der Waals surface area contributed by atoms with Gasteiger partial charge in [0.25, 0.3) is 0 Å². The van der Waals surface area contributed by atoms with Gasteiger partial charge in [0.05, 0.1) is 22.7 Å². The standard InChI is InChI=1S/C32H31N3O2S/c1-4-24-18-12-13-23(3)31(24)35(22-37-5-2)30(36)21-38-32-28(20-33)27(25-14-8-6-9-15-25)19-29(34-32)26-16-10-7-11-17-26/h6-19H,4-5,21-22H2,1-3H3. The van der Waals surface area contributed by atoms with Gasteiger partial charge < -0.3 is 4.74 Å². The van der Waals surface area contributed by atoms with Gasteiger partial charge in [-0.3, -0.25) is 9.69 Å². The summed E-state index contributed by atoms with van der Waals surface area (Å²) in [6.45, 7) is 6.69. The number of thioether (sulfide) groups is 1. The molecule has 0 spiro atoms. The van der Waals surface area contributed by atoms with Crippen molar-refractivity contribution in [2.75, 3.05) is 24.0 Å². The number of benzene rings is 3. The van der Waals surface area contributed by atoms with Crippen molar-refractivity contribution in [2.45, 2.75) is 32.2 Å². The number of rotatable bonds is 10. The van der Waals surface area contributed by atoms with Crippen LogP contribution in [-0.2, 0) is 16.0 Å². The van der Waals surface area contributed by atoms with Crippen LogP contribution in [0.5, 0.6) is 0 Å². The Morgan fingerprint density at radius 1 is 0.974 bits per heavy atom. The Morgan fingerprint density at radius 3 is 2.29 bits per heavy atom. The van der Waals surface area contributed by atoms with Crippen LogP contribution in [-0.4, -0.2) is 30.0 Å². The van der Waals surface area contributed by atoms with Crippen LogP contribution in [0, 0.1) is 18.3 Å². The Hall–Kier alpha value is -3.92. The fourth-order valence-electron chi connectivity index (χ4n) is 4.38. The molecule has 0 fully saturated rings. The number of nitrogens with zero attached hydrogens (tertiary/aromatic N) is 3. The maximum Gasteiger partial charge on any atom is 0.239 e. The lowest BCUT2D eigenvalue weighted by Gasteiger charge is -2.26. The van der Waals surface area contributed by atoms with Crippen LogP contribution >= 0.6 is 11.8 Å². The van der Waals surface area contributed by atoms with Gasteiger partial charge in [0.15, 0.2) is 0 Å². The number of pyridine rings is 1. The number of hydrogen-bond donors (Lipinski definition) is 0. The van der Waals surface area contributed by atoms with Crippen LogP contribution in [0.15, 0.2) is 90.0 Å². The lowest BCUT2D eigenvalue weighted by molar-refractivity contribution is -0.117. The molecule has 4 aromatic rings. The second kappa shape index (κ2) is 13.0. The molecule has 5 nitrogen and oxygen atoms in total. The van der Waals surface area contributed by atoms with E-state index in [0.717, 1.165) is 45.6 Å². The monoisotopic (exact) mass is 521 g/mol. The second-order valence-corrected chi connectivity index (χ2v) is 9.71. The van der Waals surface area contributed by atoms with Crippen LogP contribution in [0.4, 0.5) is 5.69 Å². The van der Waals surface area contributed by atoms with Crippen LogP contribution in [0.25, 0.3) is 22.4 Å². The molecule has 0 unspecified atom stereocenters. The molecule has 1 heterocycles. The smallest absolute Gasteiger partial charge is 0.239 e. The van der Waals surface area contributed by atoms with E-state index in [1.54, 1.807) is 4.90 Å². The highest BCUT2D eigenvalue weighted by Gasteiger charge is 2.23. The normalized spacial score (nSPS) is 10.7. The average molecular weight is 522 g/mol. The largest absolute Gasteiger partial charge is 0.361 e. The van der Waals surface area contributed by atoms with Gasteiger partial charge in [-0.15, -0.1) is 0 Å². The predicted molar refractivity (Wildman–Crippen MR) is 155 cm³/mol. The van der Waals surface area contributed by atoms with E-state index in [9.17, 15) is 10.1 Å². The maximum absolute atomic E-state index is 13.7. The van der Waals surface area contributed by atoms with E-state index in [1.807, 2.05) is 98.8 Å². The SMILES string of the molecule is CCOCN(C(=O)CSc1nc(-c2ccccc2)cc(-c2ccccc2)c1C#N)c1c(C)cccc1CC. The van der Waals surface area contributed by atoms with Gasteiger partial charge in [0.2, 0.25) is 5.91 Å². The van der Waals surface area contributed by atoms with Gasteiger partial charge in [0.1, 0.15) is 17.8 Å². The third-order valence-electron chi connectivity index (χ3n) is 6.28. The Kier molecular flexibility index (Phi) is 9.31. The molecule has 38 heavy (non-hydrogen) atoms. The van der Waals surface area contributed by atoms with E-state index in [2.05, 4.69) is 13.0 Å². The number of aromatic nitrogens is 1. The number of ether oxygens (including phenoxy) is 1. The van der Waals surface area contributed by atoms with Crippen molar-refractivity contribution in [1.29, 1.82) is 5.26 Å². The zero-order chi connectivity index (χ0) is 26.9. The van der Waals surface area contributed by atoms with Crippen LogP contribution in [0.2, 0.25) is 0 Å². The average Bonchev–Trinajstić information content (AvgIpc) is 2.97. The Labute approximate surface area is 229 Å². The van der Waals surface area contributed by atoms with Gasteiger partial charge in [-0.05, 0) is 43.0 Å². The molecule has 1 amide bonds. The van der Waals surface area contributed by atoms with Crippen LogP contribution in [0.1, 0.15) is 30.5 Å². The Morgan fingerprint density at radius 2 is 1.66 bits per heavy atom.